The number of methoxy groups -OCH3 is 1. The number of benzene rings is 1. The van der Waals surface area contributed by atoms with Gasteiger partial charge in [0.2, 0.25) is 0 Å². The van der Waals surface area contributed by atoms with Crippen molar-refractivity contribution in [2.45, 2.75) is 38.5 Å². The number of carbonyl (C=O) groups is 1. The predicted molar refractivity (Wildman–Crippen MR) is 73.6 cm³/mol. The zero-order valence-corrected chi connectivity index (χ0v) is 12.3. The smallest absolute Gasteiger partial charge is 0.390 e. The lowest BCUT2D eigenvalue weighted by molar-refractivity contribution is -0.149. The largest absolute Gasteiger partial charge is 0.468 e. The molecule has 0 aromatic heterocycles. The number of rotatable bonds is 6. The lowest BCUT2D eigenvalue weighted by atomic mass is 9.98. The molecule has 0 saturated carbocycles. The minimum absolute atomic E-state index is 0.183. The lowest BCUT2D eigenvalue weighted by Crippen LogP contribution is -2.44. The van der Waals surface area contributed by atoms with Crippen LogP contribution in [0.15, 0.2) is 30.3 Å². The fourth-order valence-electron chi connectivity index (χ4n) is 2.07. The molecule has 1 aromatic carbocycles. The van der Waals surface area contributed by atoms with E-state index >= 15 is 0 Å². The van der Waals surface area contributed by atoms with Gasteiger partial charge in [0.15, 0.2) is 0 Å². The van der Waals surface area contributed by atoms with E-state index in [2.05, 4.69) is 10.1 Å². The molecule has 0 heterocycles. The Hall–Kier alpha value is -1.56. The first-order chi connectivity index (χ1) is 9.74. The molecule has 118 valence electrons. The first-order valence-electron chi connectivity index (χ1n) is 6.70. The highest BCUT2D eigenvalue weighted by molar-refractivity contribution is 5.76. The van der Waals surface area contributed by atoms with Crippen molar-refractivity contribution in [2.75, 3.05) is 7.11 Å². The quantitative estimate of drug-likeness (QED) is 0.818. The maximum Gasteiger partial charge on any atom is 0.390 e. The number of esters is 1. The van der Waals surface area contributed by atoms with E-state index < -0.39 is 30.7 Å². The van der Waals surface area contributed by atoms with E-state index in [4.69, 9.17) is 0 Å². The van der Waals surface area contributed by atoms with Crippen LogP contribution in [0, 0.1) is 5.92 Å². The number of ether oxygens (including phenoxy) is 1. The zero-order valence-electron chi connectivity index (χ0n) is 12.3. The summed E-state index contributed by atoms with van der Waals surface area (Å²) >= 11 is 0. The molecule has 0 aliphatic heterocycles. The molecule has 3 nitrogen and oxygen atoms in total. The highest BCUT2D eigenvalue weighted by Crippen LogP contribution is 2.30. The SMILES string of the molecule is COC(=O)[C@@H](NC(CC(F)(F)F)c1ccccc1)C(C)C. The maximum absolute atomic E-state index is 12.8. The normalized spacial score (nSPS) is 14.8. The van der Waals surface area contributed by atoms with Crippen molar-refractivity contribution in [2.24, 2.45) is 5.92 Å². The van der Waals surface area contributed by atoms with Crippen LogP contribution in [-0.4, -0.2) is 25.3 Å². The monoisotopic (exact) mass is 303 g/mol. The molecule has 6 heteroatoms. The van der Waals surface area contributed by atoms with E-state index in [9.17, 15) is 18.0 Å². The van der Waals surface area contributed by atoms with Crippen LogP contribution >= 0.6 is 0 Å². The minimum Gasteiger partial charge on any atom is -0.468 e. The van der Waals surface area contributed by atoms with Crippen LogP contribution in [0.1, 0.15) is 31.9 Å². The van der Waals surface area contributed by atoms with Gasteiger partial charge in [-0.2, -0.15) is 13.2 Å². The summed E-state index contributed by atoms with van der Waals surface area (Å²) in [6, 6.07) is 6.51. The van der Waals surface area contributed by atoms with Gasteiger partial charge in [-0.25, -0.2) is 0 Å². The van der Waals surface area contributed by atoms with E-state index in [0.29, 0.717) is 5.56 Å². The third-order valence-corrected chi connectivity index (χ3v) is 3.14. The van der Waals surface area contributed by atoms with Gasteiger partial charge < -0.3 is 4.74 Å². The maximum atomic E-state index is 12.8. The molecule has 1 aromatic rings. The van der Waals surface area contributed by atoms with E-state index in [1.165, 1.54) is 7.11 Å². The van der Waals surface area contributed by atoms with Gasteiger partial charge in [0.1, 0.15) is 6.04 Å². The Kier molecular flexibility index (Phi) is 6.20. The molecule has 0 amide bonds. The summed E-state index contributed by atoms with van der Waals surface area (Å²) in [6.45, 7) is 3.51. The molecule has 1 N–H and O–H groups in total. The Bertz CT molecular complexity index is 446. The molecule has 2 atom stereocenters. The van der Waals surface area contributed by atoms with Crippen LogP contribution in [0.25, 0.3) is 0 Å². The summed E-state index contributed by atoms with van der Waals surface area (Å²) in [4.78, 5) is 11.7. The zero-order chi connectivity index (χ0) is 16.0. The van der Waals surface area contributed by atoms with Crippen LogP contribution in [-0.2, 0) is 9.53 Å². The van der Waals surface area contributed by atoms with Crippen molar-refractivity contribution < 1.29 is 22.7 Å². The first kappa shape index (κ1) is 17.5. The van der Waals surface area contributed by atoms with Crippen molar-refractivity contribution in [3.63, 3.8) is 0 Å². The lowest BCUT2D eigenvalue weighted by Gasteiger charge is -2.27. The number of hydrogen-bond donors (Lipinski definition) is 1. The molecule has 0 aliphatic carbocycles. The molecular formula is C15H20F3NO2. The second kappa shape index (κ2) is 7.45. The molecule has 21 heavy (non-hydrogen) atoms. The van der Waals surface area contributed by atoms with Crippen molar-refractivity contribution >= 4 is 5.97 Å². The summed E-state index contributed by atoms with van der Waals surface area (Å²) in [7, 11) is 1.22. The van der Waals surface area contributed by atoms with Gasteiger partial charge in [-0.15, -0.1) is 0 Å². The second-order valence-electron chi connectivity index (χ2n) is 5.19. The highest BCUT2D eigenvalue weighted by Gasteiger charge is 2.35. The number of nitrogens with one attached hydrogen (secondary N) is 1. The van der Waals surface area contributed by atoms with E-state index in [1.54, 1.807) is 44.2 Å². The van der Waals surface area contributed by atoms with Crippen molar-refractivity contribution in [3.05, 3.63) is 35.9 Å². The van der Waals surface area contributed by atoms with Crippen LogP contribution < -0.4 is 5.32 Å². The molecule has 0 spiro atoms. The average Bonchev–Trinajstić information content (AvgIpc) is 2.42. The van der Waals surface area contributed by atoms with Gasteiger partial charge in [0.05, 0.1) is 13.5 Å². The fraction of sp³-hybridized carbons (Fsp3) is 0.533. The van der Waals surface area contributed by atoms with Crippen LogP contribution in [0.3, 0.4) is 0 Å². The Morgan fingerprint density at radius 2 is 1.81 bits per heavy atom. The third kappa shape index (κ3) is 5.75. The molecular weight excluding hydrogens is 283 g/mol. The van der Waals surface area contributed by atoms with Crippen molar-refractivity contribution in [1.29, 1.82) is 0 Å². The van der Waals surface area contributed by atoms with Gasteiger partial charge in [-0.1, -0.05) is 44.2 Å². The summed E-state index contributed by atoms with van der Waals surface area (Å²) in [6.07, 6.45) is -5.37. The van der Waals surface area contributed by atoms with Crippen molar-refractivity contribution in [3.8, 4) is 0 Å². The Labute approximate surface area is 122 Å². The molecule has 0 fully saturated rings. The first-order valence-corrected chi connectivity index (χ1v) is 6.70. The highest BCUT2D eigenvalue weighted by atomic mass is 19.4. The van der Waals surface area contributed by atoms with Gasteiger partial charge in [0.25, 0.3) is 0 Å². The Morgan fingerprint density at radius 1 is 1.24 bits per heavy atom. The van der Waals surface area contributed by atoms with Crippen LogP contribution in [0.2, 0.25) is 0 Å². The van der Waals surface area contributed by atoms with Crippen molar-refractivity contribution in [1.82, 2.24) is 5.32 Å². The van der Waals surface area contributed by atoms with Gasteiger partial charge >= 0.3 is 12.1 Å². The van der Waals surface area contributed by atoms with E-state index in [-0.39, 0.29) is 5.92 Å². The molecule has 1 unspecified atom stereocenters. The summed E-state index contributed by atoms with van der Waals surface area (Å²) in [5.74, 6) is -0.745. The fourth-order valence-corrected chi connectivity index (χ4v) is 2.07. The summed E-state index contributed by atoms with van der Waals surface area (Å²) in [5, 5.41) is 2.78. The molecule has 0 aliphatic rings. The third-order valence-electron chi connectivity index (χ3n) is 3.14. The number of hydrogen-bond acceptors (Lipinski definition) is 3. The van der Waals surface area contributed by atoms with Gasteiger partial charge in [0, 0.05) is 6.04 Å². The molecule has 0 saturated heterocycles. The number of carbonyl (C=O) groups excluding carboxylic acids is 1. The Morgan fingerprint density at radius 3 is 2.24 bits per heavy atom. The topological polar surface area (TPSA) is 38.3 Å². The number of halogens is 3. The summed E-state index contributed by atoms with van der Waals surface area (Å²) < 4.78 is 43.0. The minimum atomic E-state index is -4.33. The molecule has 1 rings (SSSR count). The van der Waals surface area contributed by atoms with Crippen LogP contribution in [0.5, 0.6) is 0 Å². The van der Waals surface area contributed by atoms with Crippen LogP contribution in [0.4, 0.5) is 13.2 Å². The van der Waals surface area contributed by atoms with E-state index in [0.717, 1.165) is 0 Å². The second-order valence-corrected chi connectivity index (χ2v) is 5.19. The average molecular weight is 303 g/mol. The van der Waals surface area contributed by atoms with E-state index in [1.807, 2.05) is 0 Å². The Balaban J connectivity index is 2.98. The standard InChI is InChI=1S/C15H20F3NO2/c1-10(2)13(14(20)21-3)19-12(9-15(16,17)18)11-7-5-4-6-8-11/h4-8,10,12-13,19H,9H2,1-3H3/t12?,13-/m0/s1. The van der Waals surface area contributed by atoms with Gasteiger partial charge in [-0.05, 0) is 11.5 Å². The number of alkyl halides is 3. The molecule has 0 bridgehead atoms. The predicted octanol–water partition coefficient (Wildman–Crippen LogP) is 3.47. The van der Waals surface area contributed by atoms with Gasteiger partial charge in [-0.3, -0.25) is 10.1 Å². The summed E-state index contributed by atoms with van der Waals surface area (Å²) in [5.41, 5.74) is 0.490. The molecule has 0 radical (unpaired) electrons.